The van der Waals surface area contributed by atoms with Crippen LogP contribution >= 0.6 is 0 Å². The summed E-state index contributed by atoms with van der Waals surface area (Å²) in [6.45, 7) is 1.92. The molecule has 1 heterocycles. The van der Waals surface area contributed by atoms with Crippen molar-refractivity contribution in [2.24, 2.45) is 0 Å². The molecule has 0 bridgehead atoms. The molecular weight excluding hydrogens is 480 g/mol. The number of carbonyl (C=O) groups excluding carboxylic acids is 1. The van der Waals surface area contributed by atoms with Crippen LogP contribution < -0.4 is 25.8 Å². The van der Waals surface area contributed by atoms with Crippen molar-refractivity contribution in [3.05, 3.63) is 77.4 Å². The second-order valence-electron chi connectivity index (χ2n) is 7.80. The predicted molar refractivity (Wildman–Crippen MR) is 126 cm³/mol. The Morgan fingerprint density at radius 1 is 1.03 bits per heavy atom. The molecule has 0 spiro atoms. The maximum Gasteiger partial charge on any atom is 0.586 e. The average molecular weight is 504 g/mol. The number of para-hydroxylation sites is 1. The minimum absolute atomic E-state index is 0.0149. The molecular formula is C24H23F2N3O5S. The van der Waals surface area contributed by atoms with Crippen LogP contribution in [-0.4, -0.2) is 26.4 Å². The van der Waals surface area contributed by atoms with E-state index in [4.69, 9.17) is 5.73 Å². The molecule has 0 atom stereocenters. The molecule has 35 heavy (non-hydrogen) atoms. The van der Waals surface area contributed by atoms with Gasteiger partial charge in [0.25, 0.3) is 5.91 Å². The van der Waals surface area contributed by atoms with Gasteiger partial charge in [0.2, 0.25) is 0 Å². The van der Waals surface area contributed by atoms with Crippen molar-refractivity contribution in [1.82, 2.24) is 5.32 Å². The van der Waals surface area contributed by atoms with Gasteiger partial charge in [0.15, 0.2) is 21.3 Å². The van der Waals surface area contributed by atoms with Crippen LogP contribution in [0.2, 0.25) is 0 Å². The van der Waals surface area contributed by atoms with Gasteiger partial charge < -0.3 is 25.8 Å². The molecule has 4 N–H and O–H groups in total. The zero-order valence-corrected chi connectivity index (χ0v) is 19.5. The Balaban J connectivity index is 1.36. The van der Waals surface area contributed by atoms with Gasteiger partial charge >= 0.3 is 6.29 Å². The summed E-state index contributed by atoms with van der Waals surface area (Å²) in [6, 6.07) is 15.6. The molecule has 0 saturated carbocycles. The molecule has 0 unspecified atom stereocenters. The summed E-state index contributed by atoms with van der Waals surface area (Å²) >= 11 is 0. The Morgan fingerprint density at radius 3 is 2.46 bits per heavy atom. The lowest BCUT2D eigenvalue weighted by atomic mass is 10.1. The summed E-state index contributed by atoms with van der Waals surface area (Å²) in [7, 11) is -3.28. The van der Waals surface area contributed by atoms with E-state index in [2.05, 4.69) is 20.1 Å². The molecule has 0 aliphatic carbocycles. The Hall–Kier alpha value is -3.86. The third kappa shape index (κ3) is 5.46. The smallest absolute Gasteiger partial charge is 0.397 e. The molecule has 184 valence electrons. The van der Waals surface area contributed by atoms with E-state index in [1.54, 1.807) is 43.3 Å². The SMILES string of the molecule is CCS(=O)(=O)c1ccc(CNC(=O)c2ccc(NCc3cccc4c3OC(F)(F)O4)c(N)c2)cc1. The van der Waals surface area contributed by atoms with E-state index in [0.29, 0.717) is 22.5 Å². The quantitative estimate of drug-likeness (QED) is 0.399. The van der Waals surface area contributed by atoms with E-state index >= 15 is 0 Å². The number of rotatable bonds is 8. The highest BCUT2D eigenvalue weighted by molar-refractivity contribution is 7.91. The summed E-state index contributed by atoms with van der Waals surface area (Å²) in [5.41, 5.74) is 8.42. The number of nitrogen functional groups attached to an aromatic ring is 1. The van der Waals surface area contributed by atoms with Crippen LogP contribution in [0.3, 0.4) is 0 Å². The second-order valence-corrected chi connectivity index (χ2v) is 10.1. The third-order valence-electron chi connectivity index (χ3n) is 5.41. The monoisotopic (exact) mass is 503 g/mol. The molecule has 0 saturated heterocycles. The molecule has 1 aliphatic rings. The standard InChI is InChI=1S/C24H23F2N3O5S/c1-2-35(31,32)18-9-6-15(7-10-18)13-29-23(30)16-8-11-20(19(27)12-16)28-14-17-4-3-5-21-22(17)34-24(25,26)33-21/h3-12,28H,2,13-14,27H2,1H3,(H,29,30). The summed E-state index contributed by atoms with van der Waals surface area (Å²) in [4.78, 5) is 12.8. The lowest BCUT2D eigenvalue weighted by Gasteiger charge is -2.13. The van der Waals surface area contributed by atoms with Crippen molar-refractivity contribution in [3.63, 3.8) is 0 Å². The number of amides is 1. The van der Waals surface area contributed by atoms with Crippen molar-refractivity contribution in [2.75, 3.05) is 16.8 Å². The molecule has 1 aliphatic heterocycles. The summed E-state index contributed by atoms with van der Waals surface area (Å²) in [6.07, 6.45) is -3.71. The number of anilines is 2. The highest BCUT2D eigenvalue weighted by atomic mass is 32.2. The van der Waals surface area contributed by atoms with Gasteiger partial charge in [0.05, 0.1) is 22.0 Å². The Bertz CT molecular complexity index is 1360. The number of alkyl halides is 2. The first-order valence-electron chi connectivity index (χ1n) is 10.7. The van der Waals surface area contributed by atoms with E-state index in [0.717, 1.165) is 5.56 Å². The number of halogens is 2. The van der Waals surface area contributed by atoms with Crippen molar-refractivity contribution >= 4 is 27.1 Å². The van der Waals surface area contributed by atoms with Crippen LogP contribution in [0.25, 0.3) is 0 Å². The van der Waals surface area contributed by atoms with Crippen molar-refractivity contribution < 1.29 is 31.5 Å². The molecule has 3 aromatic rings. The Kier molecular flexibility index (Phi) is 6.53. The van der Waals surface area contributed by atoms with Gasteiger partial charge in [-0.2, -0.15) is 0 Å². The number of hydrogen-bond donors (Lipinski definition) is 3. The largest absolute Gasteiger partial charge is 0.586 e. The van der Waals surface area contributed by atoms with E-state index in [1.807, 2.05) is 0 Å². The van der Waals surface area contributed by atoms with Crippen molar-refractivity contribution in [1.29, 1.82) is 0 Å². The first kappa shape index (κ1) is 24.3. The van der Waals surface area contributed by atoms with Gasteiger partial charge in [0.1, 0.15) is 0 Å². The molecule has 11 heteroatoms. The maximum absolute atomic E-state index is 13.4. The normalized spacial score (nSPS) is 13.9. The number of sulfone groups is 1. The Labute approximate surface area is 201 Å². The average Bonchev–Trinajstić information content (AvgIpc) is 3.16. The lowest BCUT2D eigenvalue weighted by molar-refractivity contribution is -0.286. The first-order chi connectivity index (χ1) is 16.6. The fourth-order valence-corrected chi connectivity index (χ4v) is 4.37. The minimum Gasteiger partial charge on any atom is -0.397 e. The maximum atomic E-state index is 13.4. The number of nitrogens with one attached hydrogen (secondary N) is 2. The van der Waals surface area contributed by atoms with Crippen LogP contribution in [0.5, 0.6) is 11.5 Å². The van der Waals surface area contributed by atoms with Crippen LogP contribution in [0.1, 0.15) is 28.4 Å². The van der Waals surface area contributed by atoms with Crippen LogP contribution in [-0.2, 0) is 22.9 Å². The molecule has 8 nitrogen and oxygen atoms in total. The molecule has 0 radical (unpaired) electrons. The molecule has 0 aromatic heterocycles. The zero-order valence-electron chi connectivity index (χ0n) is 18.7. The van der Waals surface area contributed by atoms with Gasteiger partial charge in [-0.25, -0.2) is 8.42 Å². The van der Waals surface area contributed by atoms with Gasteiger partial charge in [-0.3, -0.25) is 4.79 Å². The molecule has 0 fully saturated rings. The lowest BCUT2D eigenvalue weighted by Crippen LogP contribution is -2.26. The number of benzene rings is 3. The van der Waals surface area contributed by atoms with Crippen LogP contribution in [0.15, 0.2) is 65.6 Å². The third-order valence-corrected chi connectivity index (χ3v) is 7.16. The summed E-state index contributed by atoms with van der Waals surface area (Å²) < 4.78 is 59.6. The van der Waals surface area contributed by atoms with Crippen LogP contribution in [0, 0.1) is 0 Å². The first-order valence-corrected chi connectivity index (χ1v) is 12.3. The second kappa shape index (κ2) is 9.41. The summed E-state index contributed by atoms with van der Waals surface area (Å²) in [5, 5.41) is 5.81. The van der Waals surface area contributed by atoms with E-state index < -0.39 is 16.1 Å². The van der Waals surface area contributed by atoms with Crippen LogP contribution in [0.4, 0.5) is 20.2 Å². The Morgan fingerprint density at radius 2 is 1.77 bits per heavy atom. The van der Waals surface area contributed by atoms with Crippen molar-refractivity contribution in [2.45, 2.75) is 31.2 Å². The number of fused-ring (bicyclic) bond motifs is 1. The number of hydrogen-bond acceptors (Lipinski definition) is 7. The minimum atomic E-state index is -3.71. The van der Waals surface area contributed by atoms with Gasteiger partial charge in [-0.1, -0.05) is 31.2 Å². The van der Waals surface area contributed by atoms with Gasteiger partial charge in [-0.15, -0.1) is 8.78 Å². The van der Waals surface area contributed by atoms with E-state index in [9.17, 15) is 22.0 Å². The fourth-order valence-electron chi connectivity index (χ4n) is 3.49. The van der Waals surface area contributed by atoms with Crippen molar-refractivity contribution in [3.8, 4) is 11.5 Å². The fraction of sp³-hybridized carbons (Fsp3) is 0.208. The molecule has 4 rings (SSSR count). The van der Waals surface area contributed by atoms with Gasteiger partial charge in [-0.05, 0) is 42.0 Å². The molecule has 1 amide bonds. The molecule has 3 aromatic carbocycles. The zero-order chi connectivity index (χ0) is 25.2. The number of nitrogens with two attached hydrogens (primary N) is 1. The highest BCUT2D eigenvalue weighted by Crippen LogP contribution is 2.43. The topological polar surface area (TPSA) is 120 Å². The highest BCUT2D eigenvalue weighted by Gasteiger charge is 2.44. The number of ether oxygens (including phenoxy) is 2. The van der Waals surface area contributed by atoms with E-state index in [1.165, 1.54) is 24.3 Å². The predicted octanol–water partition coefficient (Wildman–Crippen LogP) is 3.93. The van der Waals surface area contributed by atoms with Gasteiger partial charge in [0, 0.05) is 24.2 Å². The summed E-state index contributed by atoms with van der Waals surface area (Å²) in [5.74, 6) is -0.431. The number of carbonyl (C=O) groups is 1. The van der Waals surface area contributed by atoms with E-state index in [-0.39, 0.29) is 41.1 Å².